The van der Waals surface area contributed by atoms with E-state index < -0.39 is 5.91 Å². The van der Waals surface area contributed by atoms with Crippen LogP contribution >= 0.6 is 0 Å². The molecule has 1 aromatic rings. The van der Waals surface area contributed by atoms with Crippen LogP contribution in [-0.4, -0.2) is 12.5 Å². The van der Waals surface area contributed by atoms with Gasteiger partial charge >= 0.3 is 0 Å². The summed E-state index contributed by atoms with van der Waals surface area (Å²) in [5, 5.41) is 3.63. The molecular weight excluding hydrogens is 280 g/mol. The van der Waals surface area contributed by atoms with Crippen molar-refractivity contribution in [2.45, 2.75) is 45.1 Å². The van der Waals surface area contributed by atoms with E-state index in [0.717, 1.165) is 5.56 Å². The van der Waals surface area contributed by atoms with Crippen LogP contribution in [0.4, 0.5) is 0 Å². The minimum atomic E-state index is -0.534. The molecule has 1 saturated carbocycles. The Morgan fingerprint density at radius 3 is 2.82 bits per heavy atom. The molecule has 0 unspecified atom stereocenters. The summed E-state index contributed by atoms with van der Waals surface area (Å²) in [5.74, 6) is 0.528. The number of azide groups is 1. The molecule has 1 fully saturated rings. The van der Waals surface area contributed by atoms with Gasteiger partial charge in [-0.25, -0.2) is 0 Å². The Hall–Kier alpha value is -2.20. The standard InChI is InChI=1S/C16H22N4O2/c1-11(19-20-18)13-7-8-15(14(9-13)16(17)21)22-10-12-5-3-2-4-6-12/h7-9,11-12H,2-6,10H2,1H3,(H2,17,21)/t11-/m1/s1. The molecule has 1 aliphatic carbocycles. The molecule has 0 radical (unpaired) electrons. The van der Waals surface area contributed by atoms with Crippen LogP contribution in [0.5, 0.6) is 5.75 Å². The zero-order valence-corrected chi connectivity index (χ0v) is 12.9. The summed E-state index contributed by atoms with van der Waals surface area (Å²) in [7, 11) is 0. The minimum Gasteiger partial charge on any atom is -0.492 e. The third-order valence-corrected chi connectivity index (χ3v) is 4.18. The lowest BCUT2D eigenvalue weighted by atomic mass is 9.90. The molecule has 0 aliphatic heterocycles. The molecule has 1 aliphatic rings. The Bertz CT molecular complexity index is 576. The van der Waals surface area contributed by atoms with Crippen LogP contribution < -0.4 is 10.5 Å². The van der Waals surface area contributed by atoms with E-state index in [9.17, 15) is 4.79 Å². The first-order valence-electron chi connectivity index (χ1n) is 7.72. The van der Waals surface area contributed by atoms with Crippen molar-refractivity contribution in [2.75, 3.05) is 6.61 Å². The van der Waals surface area contributed by atoms with E-state index in [1.807, 2.05) is 6.07 Å². The van der Waals surface area contributed by atoms with Crippen LogP contribution in [0.25, 0.3) is 10.4 Å². The highest BCUT2D eigenvalue weighted by Crippen LogP contribution is 2.28. The van der Waals surface area contributed by atoms with E-state index in [2.05, 4.69) is 10.0 Å². The summed E-state index contributed by atoms with van der Waals surface area (Å²) in [6, 6.07) is 4.84. The summed E-state index contributed by atoms with van der Waals surface area (Å²) in [6.45, 7) is 2.38. The van der Waals surface area contributed by atoms with Crippen molar-refractivity contribution in [3.05, 3.63) is 39.8 Å². The van der Waals surface area contributed by atoms with Crippen molar-refractivity contribution in [3.8, 4) is 5.75 Å². The second-order valence-electron chi connectivity index (χ2n) is 5.82. The van der Waals surface area contributed by atoms with E-state index in [0.29, 0.717) is 23.8 Å². The molecule has 2 rings (SSSR count). The van der Waals surface area contributed by atoms with Crippen molar-refractivity contribution < 1.29 is 9.53 Å². The Morgan fingerprint density at radius 1 is 1.45 bits per heavy atom. The van der Waals surface area contributed by atoms with Crippen LogP contribution in [0.3, 0.4) is 0 Å². The van der Waals surface area contributed by atoms with Gasteiger partial charge in [0, 0.05) is 4.91 Å². The highest BCUT2D eigenvalue weighted by Gasteiger charge is 2.17. The first-order chi connectivity index (χ1) is 10.6. The smallest absolute Gasteiger partial charge is 0.252 e. The van der Waals surface area contributed by atoms with Crippen molar-refractivity contribution in [1.29, 1.82) is 0 Å². The van der Waals surface area contributed by atoms with Gasteiger partial charge < -0.3 is 10.5 Å². The van der Waals surface area contributed by atoms with E-state index in [-0.39, 0.29) is 6.04 Å². The Labute approximate surface area is 130 Å². The van der Waals surface area contributed by atoms with E-state index in [1.165, 1.54) is 32.1 Å². The number of primary amides is 1. The van der Waals surface area contributed by atoms with Gasteiger partial charge in [0.1, 0.15) is 5.75 Å². The van der Waals surface area contributed by atoms with Crippen LogP contribution in [-0.2, 0) is 0 Å². The van der Waals surface area contributed by atoms with Gasteiger partial charge in [-0.1, -0.05) is 37.4 Å². The topological polar surface area (TPSA) is 101 Å². The molecule has 6 heteroatoms. The van der Waals surface area contributed by atoms with Crippen LogP contribution in [0, 0.1) is 5.92 Å². The molecule has 0 spiro atoms. The number of ether oxygens (including phenoxy) is 1. The highest BCUT2D eigenvalue weighted by atomic mass is 16.5. The third kappa shape index (κ3) is 4.15. The number of hydrogen-bond donors (Lipinski definition) is 1. The number of hydrogen-bond acceptors (Lipinski definition) is 3. The maximum Gasteiger partial charge on any atom is 0.252 e. The first-order valence-corrected chi connectivity index (χ1v) is 7.72. The van der Waals surface area contributed by atoms with Crippen LogP contribution in [0.1, 0.15) is 61.0 Å². The molecule has 0 heterocycles. The highest BCUT2D eigenvalue weighted by molar-refractivity contribution is 5.95. The van der Waals surface area contributed by atoms with E-state index in [1.54, 1.807) is 19.1 Å². The average molecular weight is 302 g/mol. The van der Waals surface area contributed by atoms with E-state index >= 15 is 0 Å². The normalized spacial score (nSPS) is 16.6. The van der Waals surface area contributed by atoms with Gasteiger partial charge in [-0.2, -0.15) is 0 Å². The molecule has 1 amide bonds. The average Bonchev–Trinajstić information content (AvgIpc) is 2.54. The van der Waals surface area contributed by atoms with Gasteiger partial charge in [-0.15, -0.1) is 0 Å². The summed E-state index contributed by atoms with van der Waals surface area (Å²) < 4.78 is 5.83. The quantitative estimate of drug-likeness (QED) is 0.485. The first kappa shape index (κ1) is 16.2. The number of amides is 1. The molecule has 0 aromatic heterocycles. The second-order valence-corrected chi connectivity index (χ2v) is 5.82. The van der Waals surface area contributed by atoms with Crippen molar-refractivity contribution in [2.24, 2.45) is 16.8 Å². The molecule has 6 nitrogen and oxygen atoms in total. The van der Waals surface area contributed by atoms with Gasteiger partial charge in [0.2, 0.25) is 0 Å². The van der Waals surface area contributed by atoms with Crippen LogP contribution in [0.15, 0.2) is 23.3 Å². The van der Waals surface area contributed by atoms with Crippen molar-refractivity contribution >= 4 is 5.91 Å². The van der Waals surface area contributed by atoms with Crippen molar-refractivity contribution in [3.63, 3.8) is 0 Å². The van der Waals surface area contributed by atoms with Crippen molar-refractivity contribution in [1.82, 2.24) is 0 Å². The predicted octanol–water partition coefficient (Wildman–Crippen LogP) is 4.12. The number of rotatable bonds is 6. The lowest BCUT2D eigenvalue weighted by molar-refractivity contribution is 0.0994. The molecule has 118 valence electrons. The lowest BCUT2D eigenvalue weighted by Gasteiger charge is -2.22. The molecule has 0 bridgehead atoms. The number of carbonyl (C=O) groups excluding carboxylic acids is 1. The summed E-state index contributed by atoms with van der Waals surface area (Å²) in [4.78, 5) is 14.4. The summed E-state index contributed by atoms with van der Waals surface area (Å²) in [6.07, 6.45) is 6.16. The maximum absolute atomic E-state index is 11.6. The number of nitrogens with zero attached hydrogens (tertiary/aromatic N) is 3. The summed E-state index contributed by atoms with van der Waals surface area (Å²) in [5.41, 5.74) is 15.0. The fourth-order valence-corrected chi connectivity index (χ4v) is 2.83. The molecule has 22 heavy (non-hydrogen) atoms. The lowest BCUT2D eigenvalue weighted by Crippen LogP contribution is -2.18. The second kappa shape index (κ2) is 7.71. The third-order valence-electron chi connectivity index (χ3n) is 4.18. The Morgan fingerprint density at radius 2 is 2.18 bits per heavy atom. The number of carbonyl (C=O) groups is 1. The molecule has 0 saturated heterocycles. The largest absolute Gasteiger partial charge is 0.492 e. The Kier molecular flexibility index (Phi) is 5.67. The van der Waals surface area contributed by atoms with Gasteiger partial charge in [0.15, 0.2) is 0 Å². The van der Waals surface area contributed by atoms with Crippen LogP contribution in [0.2, 0.25) is 0 Å². The maximum atomic E-state index is 11.6. The van der Waals surface area contributed by atoms with Gasteiger partial charge in [-0.3, -0.25) is 4.79 Å². The molecule has 1 aromatic carbocycles. The monoisotopic (exact) mass is 302 g/mol. The van der Waals surface area contributed by atoms with Gasteiger partial charge in [-0.05, 0) is 42.0 Å². The number of benzene rings is 1. The summed E-state index contributed by atoms with van der Waals surface area (Å²) >= 11 is 0. The zero-order chi connectivity index (χ0) is 15.9. The molecule has 1 atom stereocenters. The Balaban J connectivity index is 2.12. The minimum absolute atomic E-state index is 0.341. The van der Waals surface area contributed by atoms with Gasteiger partial charge in [0.25, 0.3) is 5.91 Å². The molecule has 2 N–H and O–H groups in total. The zero-order valence-electron chi connectivity index (χ0n) is 12.9. The fourth-order valence-electron chi connectivity index (χ4n) is 2.83. The SMILES string of the molecule is C[C@@H](N=[N+]=[N-])c1ccc(OCC2CCCCC2)c(C(N)=O)c1. The van der Waals surface area contributed by atoms with E-state index in [4.69, 9.17) is 16.0 Å². The number of nitrogens with two attached hydrogens (primary N) is 1. The molecular formula is C16H22N4O2. The fraction of sp³-hybridized carbons (Fsp3) is 0.562. The van der Waals surface area contributed by atoms with Gasteiger partial charge in [0.05, 0.1) is 18.2 Å². The predicted molar refractivity (Wildman–Crippen MR) is 84.6 cm³/mol.